The summed E-state index contributed by atoms with van der Waals surface area (Å²) >= 11 is 1.68. The van der Waals surface area contributed by atoms with Crippen LogP contribution in [0.1, 0.15) is 45.7 Å². The predicted molar refractivity (Wildman–Crippen MR) is 72.0 cm³/mol. The van der Waals surface area contributed by atoms with Gasteiger partial charge in [0.05, 0.1) is 11.2 Å². The van der Waals surface area contributed by atoms with Crippen molar-refractivity contribution in [2.45, 2.75) is 52.5 Å². The monoisotopic (exact) mass is 240 g/mol. The Kier molecular flexibility index (Phi) is 6.65. The van der Waals surface area contributed by atoms with Crippen molar-refractivity contribution in [1.29, 1.82) is 0 Å². The second-order valence-electron chi connectivity index (χ2n) is 4.54. The zero-order valence-corrected chi connectivity index (χ0v) is 11.5. The first-order valence-corrected chi connectivity index (χ1v) is 7.31. The third-order valence-corrected chi connectivity index (χ3v) is 3.81. The second-order valence-corrected chi connectivity index (χ2v) is 5.26. The van der Waals surface area contributed by atoms with E-state index in [1.807, 2.05) is 5.51 Å². The molecule has 0 fully saturated rings. The van der Waals surface area contributed by atoms with Gasteiger partial charge in [0, 0.05) is 24.4 Å². The summed E-state index contributed by atoms with van der Waals surface area (Å²) in [5, 5.41) is 5.77. The van der Waals surface area contributed by atoms with Crippen molar-refractivity contribution in [2.24, 2.45) is 5.92 Å². The van der Waals surface area contributed by atoms with E-state index in [-0.39, 0.29) is 0 Å². The van der Waals surface area contributed by atoms with Crippen LogP contribution in [-0.2, 0) is 6.42 Å². The lowest BCUT2D eigenvalue weighted by atomic mass is 9.98. The van der Waals surface area contributed by atoms with Gasteiger partial charge in [-0.25, -0.2) is 4.98 Å². The van der Waals surface area contributed by atoms with Gasteiger partial charge >= 0.3 is 0 Å². The van der Waals surface area contributed by atoms with Gasteiger partial charge in [-0.3, -0.25) is 0 Å². The van der Waals surface area contributed by atoms with Crippen LogP contribution in [0.15, 0.2) is 10.9 Å². The predicted octanol–water partition coefficient (Wildman–Crippen LogP) is 3.49. The number of nitrogens with zero attached hydrogens (tertiary/aromatic N) is 1. The van der Waals surface area contributed by atoms with E-state index >= 15 is 0 Å². The van der Waals surface area contributed by atoms with Crippen LogP contribution >= 0.6 is 11.3 Å². The first kappa shape index (κ1) is 13.7. The lowest BCUT2D eigenvalue weighted by Crippen LogP contribution is -2.31. The SMILES string of the molecule is CCC(C)CC(CC)NCCc1cscn1. The van der Waals surface area contributed by atoms with Gasteiger partial charge in [0.2, 0.25) is 0 Å². The van der Waals surface area contributed by atoms with Crippen LogP contribution in [0.3, 0.4) is 0 Å². The molecule has 0 aromatic carbocycles. The van der Waals surface area contributed by atoms with Crippen LogP contribution in [0, 0.1) is 5.92 Å². The van der Waals surface area contributed by atoms with E-state index in [4.69, 9.17) is 0 Å². The second kappa shape index (κ2) is 7.80. The Balaban J connectivity index is 2.18. The highest BCUT2D eigenvalue weighted by molar-refractivity contribution is 7.07. The number of thiazole rings is 1. The summed E-state index contributed by atoms with van der Waals surface area (Å²) in [6, 6.07) is 0.675. The fraction of sp³-hybridized carbons (Fsp3) is 0.769. The maximum atomic E-state index is 4.29. The molecule has 1 heterocycles. The molecule has 1 rings (SSSR count). The van der Waals surface area contributed by atoms with Crippen molar-refractivity contribution in [1.82, 2.24) is 10.3 Å². The molecule has 1 aromatic heterocycles. The van der Waals surface area contributed by atoms with Gasteiger partial charge in [0.25, 0.3) is 0 Å². The zero-order chi connectivity index (χ0) is 11.8. The Bertz CT molecular complexity index is 259. The number of aromatic nitrogens is 1. The average Bonchev–Trinajstić information content (AvgIpc) is 2.80. The molecular weight excluding hydrogens is 216 g/mol. The lowest BCUT2D eigenvalue weighted by molar-refractivity contribution is 0.386. The molecule has 2 atom stereocenters. The van der Waals surface area contributed by atoms with Gasteiger partial charge in [-0.15, -0.1) is 11.3 Å². The van der Waals surface area contributed by atoms with Gasteiger partial charge < -0.3 is 5.32 Å². The van der Waals surface area contributed by atoms with Gasteiger partial charge in [-0.2, -0.15) is 0 Å². The van der Waals surface area contributed by atoms with Crippen LogP contribution in [0.2, 0.25) is 0 Å². The minimum atomic E-state index is 0.675. The number of nitrogens with one attached hydrogen (secondary N) is 1. The van der Waals surface area contributed by atoms with E-state index in [2.05, 4.69) is 36.5 Å². The third kappa shape index (κ3) is 5.08. The van der Waals surface area contributed by atoms with Crippen molar-refractivity contribution in [3.05, 3.63) is 16.6 Å². The molecule has 0 amide bonds. The van der Waals surface area contributed by atoms with Gasteiger partial charge in [-0.05, 0) is 18.8 Å². The first-order chi connectivity index (χ1) is 7.76. The van der Waals surface area contributed by atoms with Gasteiger partial charge in [0.1, 0.15) is 0 Å². The normalized spacial score (nSPS) is 14.9. The Morgan fingerprint density at radius 1 is 1.38 bits per heavy atom. The van der Waals surface area contributed by atoms with Crippen molar-refractivity contribution < 1.29 is 0 Å². The smallest absolute Gasteiger partial charge is 0.0794 e. The van der Waals surface area contributed by atoms with Crippen molar-refractivity contribution in [3.8, 4) is 0 Å². The molecule has 0 saturated carbocycles. The molecule has 1 N–H and O–H groups in total. The largest absolute Gasteiger partial charge is 0.314 e. The van der Waals surface area contributed by atoms with Crippen LogP contribution in [-0.4, -0.2) is 17.6 Å². The molecule has 1 aromatic rings. The Morgan fingerprint density at radius 3 is 2.75 bits per heavy atom. The van der Waals surface area contributed by atoms with Crippen LogP contribution in [0.4, 0.5) is 0 Å². The molecule has 2 nitrogen and oxygen atoms in total. The summed E-state index contributed by atoms with van der Waals surface area (Å²) in [5.41, 5.74) is 3.13. The number of hydrogen-bond acceptors (Lipinski definition) is 3. The minimum absolute atomic E-state index is 0.675. The highest BCUT2D eigenvalue weighted by Crippen LogP contribution is 2.12. The van der Waals surface area contributed by atoms with E-state index in [0.717, 1.165) is 18.9 Å². The highest BCUT2D eigenvalue weighted by atomic mass is 32.1. The Labute approximate surface area is 103 Å². The quantitative estimate of drug-likeness (QED) is 0.752. The van der Waals surface area contributed by atoms with E-state index in [0.29, 0.717) is 6.04 Å². The average molecular weight is 240 g/mol. The summed E-state index contributed by atoms with van der Waals surface area (Å²) in [6.07, 6.45) is 4.86. The van der Waals surface area contributed by atoms with E-state index in [1.165, 1.54) is 25.0 Å². The molecule has 0 radical (unpaired) electrons. The summed E-state index contributed by atoms with van der Waals surface area (Å²) < 4.78 is 0. The fourth-order valence-electron chi connectivity index (χ4n) is 1.81. The summed E-state index contributed by atoms with van der Waals surface area (Å²) in [5.74, 6) is 0.830. The maximum absolute atomic E-state index is 4.29. The van der Waals surface area contributed by atoms with E-state index in [9.17, 15) is 0 Å². The molecule has 0 aliphatic rings. The standard InChI is InChI=1S/C13H24N2S/c1-4-11(3)8-12(5-2)14-7-6-13-9-16-10-15-13/h9-12,14H,4-8H2,1-3H3. The summed E-state index contributed by atoms with van der Waals surface area (Å²) in [6.45, 7) is 7.93. The van der Waals surface area contributed by atoms with Gasteiger partial charge in [-0.1, -0.05) is 27.2 Å². The molecule has 0 aliphatic carbocycles. The van der Waals surface area contributed by atoms with E-state index < -0.39 is 0 Å². The van der Waals surface area contributed by atoms with E-state index in [1.54, 1.807) is 11.3 Å². The number of rotatable bonds is 8. The number of hydrogen-bond donors (Lipinski definition) is 1. The topological polar surface area (TPSA) is 24.9 Å². The molecule has 0 aliphatic heterocycles. The lowest BCUT2D eigenvalue weighted by Gasteiger charge is -2.20. The highest BCUT2D eigenvalue weighted by Gasteiger charge is 2.09. The molecular formula is C13H24N2S. The molecule has 92 valence electrons. The van der Waals surface area contributed by atoms with Crippen molar-refractivity contribution in [3.63, 3.8) is 0 Å². The molecule has 0 spiro atoms. The Hall–Kier alpha value is -0.410. The first-order valence-electron chi connectivity index (χ1n) is 6.36. The van der Waals surface area contributed by atoms with Crippen LogP contribution < -0.4 is 5.32 Å². The molecule has 0 saturated heterocycles. The molecule has 16 heavy (non-hydrogen) atoms. The Morgan fingerprint density at radius 2 is 2.19 bits per heavy atom. The summed E-state index contributed by atoms with van der Waals surface area (Å²) in [7, 11) is 0. The third-order valence-electron chi connectivity index (χ3n) is 3.17. The zero-order valence-electron chi connectivity index (χ0n) is 10.7. The molecule has 3 heteroatoms. The minimum Gasteiger partial charge on any atom is -0.314 e. The van der Waals surface area contributed by atoms with Crippen molar-refractivity contribution >= 4 is 11.3 Å². The van der Waals surface area contributed by atoms with Gasteiger partial charge in [0.15, 0.2) is 0 Å². The van der Waals surface area contributed by atoms with Crippen LogP contribution in [0.25, 0.3) is 0 Å². The molecule has 2 unspecified atom stereocenters. The molecule has 0 bridgehead atoms. The van der Waals surface area contributed by atoms with Crippen molar-refractivity contribution in [2.75, 3.05) is 6.54 Å². The fourth-order valence-corrected chi connectivity index (χ4v) is 2.40. The van der Waals surface area contributed by atoms with Crippen LogP contribution in [0.5, 0.6) is 0 Å². The summed E-state index contributed by atoms with van der Waals surface area (Å²) in [4.78, 5) is 4.29. The maximum Gasteiger partial charge on any atom is 0.0794 e.